The van der Waals surface area contributed by atoms with Crippen LogP contribution in [0.2, 0.25) is 0 Å². The molecular formula is C72H130NO8+. The maximum Gasteiger partial charge on any atom is 0.361 e. The van der Waals surface area contributed by atoms with Gasteiger partial charge in [-0.25, -0.2) is 4.79 Å². The van der Waals surface area contributed by atoms with Crippen LogP contribution in [0, 0.1) is 0 Å². The van der Waals surface area contributed by atoms with E-state index in [0.29, 0.717) is 17.4 Å². The highest BCUT2D eigenvalue weighted by Gasteiger charge is 2.25. The summed E-state index contributed by atoms with van der Waals surface area (Å²) in [5, 5.41) is 9.74. The molecule has 0 aromatic heterocycles. The van der Waals surface area contributed by atoms with E-state index in [0.717, 1.165) is 70.6 Å². The number of quaternary nitrogens is 1. The van der Waals surface area contributed by atoms with Crippen molar-refractivity contribution in [1.29, 1.82) is 0 Å². The first-order valence-corrected chi connectivity index (χ1v) is 34.1. The lowest BCUT2D eigenvalue weighted by atomic mass is 10.0. The van der Waals surface area contributed by atoms with Crippen LogP contribution in [0.3, 0.4) is 0 Å². The number of aliphatic carboxylic acids is 1. The lowest BCUT2D eigenvalue weighted by Gasteiger charge is -2.25. The highest BCUT2D eigenvalue weighted by molar-refractivity contribution is 5.71. The van der Waals surface area contributed by atoms with Crippen molar-refractivity contribution in [2.45, 2.75) is 322 Å². The van der Waals surface area contributed by atoms with Crippen LogP contribution < -0.4 is 0 Å². The second kappa shape index (κ2) is 62.8. The molecule has 0 radical (unpaired) electrons. The molecular weight excluding hydrogens is 1010 g/mol. The number of nitrogens with zero attached hydrogens (tertiary/aromatic N) is 1. The number of unbranched alkanes of at least 4 members (excludes halogenated alkanes) is 36. The number of esters is 2. The Morgan fingerprint density at radius 3 is 1.05 bits per heavy atom. The monoisotopic (exact) mass is 1140 g/mol. The molecule has 0 spiro atoms. The van der Waals surface area contributed by atoms with Gasteiger partial charge in [0.05, 0.1) is 34.4 Å². The zero-order valence-electron chi connectivity index (χ0n) is 53.7. The van der Waals surface area contributed by atoms with Gasteiger partial charge in [-0.2, -0.15) is 0 Å². The number of carboxylic acid groups (broad SMARTS) is 1. The molecule has 0 bridgehead atoms. The van der Waals surface area contributed by atoms with Crippen molar-refractivity contribution in [3.05, 3.63) is 72.9 Å². The quantitative estimate of drug-likeness (QED) is 0.0211. The summed E-state index contributed by atoms with van der Waals surface area (Å²) in [6.07, 6.45) is 80.1. The molecule has 9 nitrogen and oxygen atoms in total. The fourth-order valence-corrected chi connectivity index (χ4v) is 9.74. The maximum atomic E-state index is 12.9. The van der Waals surface area contributed by atoms with Gasteiger partial charge in [0.15, 0.2) is 6.10 Å². The van der Waals surface area contributed by atoms with E-state index in [1.165, 1.54) is 212 Å². The minimum atomic E-state index is -1.51. The van der Waals surface area contributed by atoms with Gasteiger partial charge in [0.25, 0.3) is 6.29 Å². The van der Waals surface area contributed by atoms with Crippen molar-refractivity contribution in [3.8, 4) is 0 Å². The van der Waals surface area contributed by atoms with E-state index in [2.05, 4.69) is 86.8 Å². The minimum absolute atomic E-state index is 0.183. The van der Waals surface area contributed by atoms with Gasteiger partial charge in [-0.1, -0.05) is 286 Å². The minimum Gasteiger partial charge on any atom is -0.477 e. The molecule has 0 aromatic rings. The predicted octanol–water partition coefficient (Wildman–Crippen LogP) is 20.9. The van der Waals surface area contributed by atoms with E-state index in [9.17, 15) is 19.5 Å². The van der Waals surface area contributed by atoms with Crippen molar-refractivity contribution in [1.82, 2.24) is 0 Å². The van der Waals surface area contributed by atoms with Crippen LogP contribution in [0.25, 0.3) is 0 Å². The number of carboxylic acids is 1. The fourth-order valence-electron chi connectivity index (χ4n) is 9.74. The van der Waals surface area contributed by atoms with E-state index >= 15 is 0 Å². The van der Waals surface area contributed by atoms with E-state index < -0.39 is 24.3 Å². The average Bonchev–Trinajstić information content (AvgIpc) is 3.44. The Hall–Kier alpha value is -3.27. The van der Waals surface area contributed by atoms with Crippen molar-refractivity contribution in [2.24, 2.45) is 0 Å². The molecule has 1 N–H and O–H groups in total. The molecule has 2 unspecified atom stereocenters. The molecule has 2 atom stereocenters. The number of carbonyl (C=O) groups is 3. The molecule has 81 heavy (non-hydrogen) atoms. The van der Waals surface area contributed by atoms with Crippen molar-refractivity contribution < 1.29 is 42.9 Å². The topological polar surface area (TPSA) is 108 Å². The third-order valence-electron chi connectivity index (χ3n) is 14.9. The van der Waals surface area contributed by atoms with Gasteiger partial charge in [-0.3, -0.25) is 9.59 Å². The Bertz CT molecular complexity index is 1560. The van der Waals surface area contributed by atoms with Crippen LogP contribution >= 0.6 is 0 Å². The highest BCUT2D eigenvalue weighted by atomic mass is 16.7. The van der Waals surface area contributed by atoms with Gasteiger partial charge in [0.2, 0.25) is 0 Å². The fraction of sp³-hybridized carbons (Fsp3) is 0.792. The Morgan fingerprint density at radius 1 is 0.383 bits per heavy atom. The Morgan fingerprint density at radius 2 is 0.704 bits per heavy atom. The van der Waals surface area contributed by atoms with E-state index in [-0.39, 0.29) is 32.2 Å². The van der Waals surface area contributed by atoms with Crippen molar-refractivity contribution >= 4 is 17.9 Å². The molecule has 0 saturated carbocycles. The smallest absolute Gasteiger partial charge is 0.361 e. The molecule has 0 heterocycles. The van der Waals surface area contributed by atoms with Crippen molar-refractivity contribution in [3.63, 3.8) is 0 Å². The van der Waals surface area contributed by atoms with Crippen LogP contribution in [0.4, 0.5) is 0 Å². The predicted molar refractivity (Wildman–Crippen MR) is 346 cm³/mol. The largest absolute Gasteiger partial charge is 0.477 e. The third-order valence-corrected chi connectivity index (χ3v) is 14.9. The summed E-state index contributed by atoms with van der Waals surface area (Å²) < 4.78 is 23.0. The first kappa shape index (κ1) is 77.7. The summed E-state index contributed by atoms with van der Waals surface area (Å²) in [4.78, 5) is 37.6. The number of ether oxygens (including phenoxy) is 4. The number of carbonyl (C=O) groups excluding carboxylic acids is 2. The summed E-state index contributed by atoms with van der Waals surface area (Å²) in [7, 11) is 5.98. The summed E-state index contributed by atoms with van der Waals surface area (Å²) in [5.41, 5.74) is 0. The molecule has 0 aliphatic heterocycles. The SMILES string of the molecule is CC/C=C\C/C=C\C/C=C\C/C=C\CCCCCCCCCCCCCCCCCCCCCCCCC(=O)OC(COC(=O)CCCCCCCCCCC/C=C\C/C=C\CCCCCCC)COC(OCC[N+](C)(C)C)C(=O)O. The molecule has 0 amide bonds. The van der Waals surface area contributed by atoms with Crippen molar-refractivity contribution in [2.75, 3.05) is 47.5 Å². The van der Waals surface area contributed by atoms with Crippen LogP contribution in [-0.2, 0) is 33.3 Å². The number of hydrogen-bond donors (Lipinski definition) is 1. The lowest BCUT2D eigenvalue weighted by Crippen LogP contribution is -2.40. The summed E-state index contributed by atoms with van der Waals surface area (Å²) in [6.45, 7) is 4.79. The molecule has 0 aliphatic carbocycles. The zero-order chi connectivity index (χ0) is 59.1. The molecule has 0 rings (SSSR count). The first-order valence-electron chi connectivity index (χ1n) is 34.1. The van der Waals surface area contributed by atoms with Crippen LogP contribution in [0.15, 0.2) is 72.9 Å². The number of allylic oxidation sites excluding steroid dienone is 12. The maximum absolute atomic E-state index is 12.9. The van der Waals surface area contributed by atoms with Gasteiger partial charge in [-0.15, -0.1) is 0 Å². The third kappa shape index (κ3) is 64.1. The second-order valence-electron chi connectivity index (χ2n) is 24.1. The van der Waals surface area contributed by atoms with E-state index in [1.54, 1.807) is 0 Å². The second-order valence-corrected chi connectivity index (χ2v) is 24.1. The molecule has 0 saturated heterocycles. The Kier molecular flexibility index (Phi) is 60.2. The summed E-state index contributed by atoms with van der Waals surface area (Å²) in [5.74, 6) is -1.99. The normalized spacial score (nSPS) is 13.1. The standard InChI is InChI=1S/C72H129NO8/c1-6-8-10-12-14-16-18-20-22-24-26-28-29-30-31-32-33-34-35-36-37-38-39-40-41-43-45-47-49-51-53-55-57-59-61-63-70(75)81-68(67-80-72(71(76)77)78-65-64-73(3,4)5)66-79-69(74)62-60-58-56-54-52-50-48-46-44-42-27-25-23-21-19-17-15-13-11-9-7-2/h8,10,14,16,19-22,25-28,68,72H,6-7,9,11-13,15,17-18,23-24,29-67H2,1-5H3/p+1/b10-8-,16-14-,21-19-,22-20-,27-25-,28-26-. The van der Waals surface area contributed by atoms with Gasteiger partial charge in [0, 0.05) is 12.8 Å². The summed E-state index contributed by atoms with van der Waals surface area (Å²) in [6, 6.07) is 0. The highest BCUT2D eigenvalue weighted by Crippen LogP contribution is 2.18. The van der Waals surface area contributed by atoms with Gasteiger partial charge >= 0.3 is 17.9 Å². The Balaban J connectivity index is 4.06. The lowest BCUT2D eigenvalue weighted by molar-refractivity contribution is -0.870. The summed E-state index contributed by atoms with van der Waals surface area (Å²) >= 11 is 0. The first-order chi connectivity index (χ1) is 39.6. The van der Waals surface area contributed by atoms with Gasteiger partial charge < -0.3 is 28.5 Å². The van der Waals surface area contributed by atoms with Gasteiger partial charge in [0.1, 0.15) is 13.2 Å². The molecule has 0 aliphatic rings. The molecule has 0 aromatic carbocycles. The Labute approximate surface area is 500 Å². The molecule has 0 fully saturated rings. The van der Waals surface area contributed by atoms with Crippen LogP contribution in [0.5, 0.6) is 0 Å². The number of rotatable bonds is 63. The van der Waals surface area contributed by atoms with E-state index in [1.807, 2.05) is 21.1 Å². The van der Waals surface area contributed by atoms with Crippen LogP contribution in [0.1, 0.15) is 309 Å². The van der Waals surface area contributed by atoms with Gasteiger partial charge in [-0.05, 0) is 83.5 Å². The van der Waals surface area contributed by atoms with Crippen LogP contribution in [-0.4, -0.2) is 87.4 Å². The number of likely N-dealkylation sites (N-methyl/N-ethyl adjacent to an activating group) is 1. The average molecular weight is 1140 g/mol. The molecule has 9 heteroatoms. The number of hydrogen-bond acceptors (Lipinski definition) is 7. The molecule has 470 valence electrons. The zero-order valence-corrected chi connectivity index (χ0v) is 53.7. The van der Waals surface area contributed by atoms with E-state index in [4.69, 9.17) is 18.9 Å².